The van der Waals surface area contributed by atoms with E-state index in [0.29, 0.717) is 5.56 Å². The number of amides is 1. The van der Waals surface area contributed by atoms with Crippen LogP contribution in [-0.4, -0.2) is 55.5 Å². The van der Waals surface area contributed by atoms with Crippen LogP contribution in [0.4, 0.5) is 5.69 Å². The molecule has 0 radical (unpaired) electrons. The van der Waals surface area contributed by atoms with Crippen molar-refractivity contribution in [1.82, 2.24) is 9.80 Å². The van der Waals surface area contributed by atoms with Gasteiger partial charge < -0.3 is 10.2 Å². The first-order valence-corrected chi connectivity index (χ1v) is 12.7. The number of allylic oxidation sites excluding steroid dienone is 1. The second-order valence-corrected chi connectivity index (χ2v) is 10.1. The molecule has 1 fully saturated rings. The van der Waals surface area contributed by atoms with Crippen molar-refractivity contribution in [2.24, 2.45) is 0 Å². The molecule has 180 valence electrons. The van der Waals surface area contributed by atoms with Gasteiger partial charge in [0.2, 0.25) is 0 Å². The number of hydrogen-bond donors (Lipinski definition) is 1. The van der Waals surface area contributed by atoms with Crippen LogP contribution in [0.1, 0.15) is 40.4 Å². The number of aryl methyl sites for hydroxylation is 2. The van der Waals surface area contributed by atoms with Gasteiger partial charge in [0.1, 0.15) is 0 Å². The molecule has 0 unspecified atom stereocenters. The van der Waals surface area contributed by atoms with Gasteiger partial charge in [0.15, 0.2) is 0 Å². The fourth-order valence-electron chi connectivity index (χ4n) is 5.14. The standard InChI is InChI=1S/C31H35N3O/c1-22-4-6-24(7-5-22)25-8-10-26(11-9-25)31(35)32-29-14-15-30-23(2)28(13-12-27(30)20-29)21-34-18-16-33(3)17-19-34/h4-11,14-15,20H,12-13,16-19,21H2,1-3H3,(H,32,35). The second kappa shape index (κ2) is 10.2. The van der Waals surface area contributed by atoms with E-state index in [2.05, 4.69) is 72.4 Å². The van der Waals surface area contributed by atoms with Gasteiger partial charge in [0.05, 0.1) is 0 Å². The van der Waals surface area contributed by atoms with Gasteiger partial charge in [-0.3, -0.25) is 9.69 Å². The SMILES string of the molecule is CC1=C(CN2CCN(C)CC2)CCc2cc(NC(=O)c3ccc(-c4ccc(C)cc4)cc3)ccc21. The molecule has 1 heterocycles. The molecule has 1 aliphatic carbocycles. The first kappa shape index (κ1) is 23.5. The van der Waals surface area contributed by atoms with Gasteiger partial charge >= 0.3 is 0 Å². The Kier molecular flexibility index (Phi) is 6.85. The lowest BCUT2D eigenvalue weighted by molar-refractivity contribution is 0.102. The average molecular weight is 466 g/mol. The van der Waals surface area contributed by atoms with Crippen LogP contribution in [0.25, 0.3) is 16.7 Å². The van der Waals surface area contributed by atoms with Crippen molar-refractivity contribution in [2.45, 2.75) is 26.7 Å². The molecule has 0 spiro atoms. The number of fused-ring (bicyclic) bond motifs is 1. The van der Waals surface area contributed by atoms with E-state index >= 15 is 0 Å². The minimum absolute atomic E-state index is 0.0702. The third kappa shape index (κ3) is 5.39. The van der Waals surface area contributed by atoms with Crippen molar-refractivity contribution in [2.75, 3.05) is 45.1 Å². The highest BCUT2D eigenvalue weighted by atomic mass is 16.1. The quantitative estimate of drug-likeness (QED) is 0.511. The molecule has 1 saturated heterocycles. The highest BCUT2D eigenvalue weighted by Crippen LogP contribution is 2.33. The normalized spacial score (nSPS) is 16.8. The largest absolute Gasteiger partial charge is 0.322 e. The molecule has 1 N–H and O–H groups in total. The number of anilines is 1. The van der Waals surface area contributed by atoms with Crippen molar-refractivity contribution < 1.29 is 4.79 Å². The first-order chi connectivity index (χ1) is 17.0. The molecule has 0 saturated carbocycles. The molecule has 0 atom stereocenters. The fourth-order valence-corrected chi connectivity index (χ4v) is 5.14. The Morgan fingerprint density at radius 2 is 1.49 bits per heavy atom. The topological polar surface area (TPSA) is 35.6 Å². The molecule has 1 amide bonds. The maximum atomic E-state index is 12.9. The predicted molar refractivity (Wildman–Crippen MR) is 146 cm³/mol. The maximum absolute atomic E-state index is 12.9. The predicted octanol–water partition coefficient (Wildman–Crippen LogP) is 5.88. The molecule has 3 aromatic rings. The summed E-state index contributed by atoms with van der Waals surface area (Å²) < 4.78 is 0. The van der Waals surface area contributed by atoms with E-state index in [9.17, 15) is 4.79 Å². The monoisotopic (exact) mass is 465 g/mol. The van der Waals surface area contributed by atoms with Crippen LogP contribution >= 0.6 is 0 Å². The van der Waals surface area contributed by atoms with E-state index < -0.39 is 0 Å². The molecule has 2 aliphatic rings. The highest BCUT2D eigenvalue weighted by Gasteiger charge is 2.21. The average Bonchev–Trinajstić information content (AvgIpc) is 2.87. The number of benzene rings is 3. The van der Waals surface area contributed by atoms with Crippen LogP contribution in [0.15, 0.2) is 72.3 Å². The minimum atomic E-state index is -0.0702. The Bertz CT molecular complexity index is 1230. The number of hydrogen-bond acceptors (Lipinski definition) is 3. The first-order valence-electron chi connectivity index (χ1n) is 12.7. The molecule has 4 heteroatoms. The van der Waals surface area contributed by atoms with Crippen LogP contribution in [0.5, 0.6) is 0 Å². The van der Waals surface area contributed by atoms with Crippen molar-refractivity contribution in [3.63, 3.8) is 0 Å². The third-order valence-electron chi connectivity index (χ3n) is 7.54. The van der Waals surface area contributed by atoms with Gasteiger partial charge in [-0.1, -0.05) is 53.6 Å². The Morgan fingerprint density at radius 3 is 2.17 bits per heavy atom. The van der Waals surface area contributed by atoms with E-state index in [4.69, 9.17) is 0 Å². The van der Waals surface area contributed by atoms with E-state index in [1.807, 2.05) is 30.3 Å². The molecule has 0 bridgehead atoms. The molecular formula is C31H35N3O. The number of nitrogens with one attached hydrogen (secondary N) is 1. The summed E-state index contributed by atoms with van der Waals surface area (Å²) in [4.78, 5) is 17.9. The zero-order valence-electron chi connectivity index (χ0n) is 21.1. The summed E-state index contributed by atoms with van der Waals surface area (Å²) in [6.07, 6.45) is 2.13. The molecule has 0 aromatic heterocycles. The number of nitrogens with zero attached hydrogens (tertiary/aromatic N) is 2. The van der Waals surface area contributed by atoms with E-state index in [1.165, 1.54) is 22.3 Å². The zero-order chi connectivity index (χ0) is 24.4. The Labute approximate surface area is 209 Å². The summed E-state index contributed by atoms with van der Waals surface area (Å²) in [5.74, 6) is -0.0702. The number of carbonyl (C=O) groups excluding carboxylic acids is 1. The minimum Gasteiger partial charge on any atom is -0.322 e. The van der Waals surface area contributed by atoms with Crippen LogP contribution < -0.4 is 5.32 Å². The van der Waals surface area contributed by atoms with Crippen LogP contribution in [0.2, 0.25) is 0 Å². The van der Waals surface area contributed by atoms with Crippen molar-refractivity contribution in [1.29, 1.82) is 0 Å². The zero-order valence-corrected chi connectivity index (χ0v) is 21.1. The molecule has 1 aliphatic heterocycles. The molecule has 4 nitrogen and oxygen atoms in total. The molecule has 35 heavy (non-hydrogen) atoms. The van der Waals surface area contributed by atoms with E-state index in [0.717, 1.165) is 62.4 Å². The summed E-state index contributed by atoms with van der Waals surface area (Å²) in [7, 11) is 2.20. The lowest BCUT2D eigenvalue weighted by Gasteiger charge is -2.34. The van der Waals surface area contributed by atoms with Gasteiger partial charge in [-0.05, 0) is 85.8 Å². The fraction of sp³-hybridized carbons (Fsp3) is 0.323. The molecule has 3 aromatic carbocycles. The summed E-state index contributed by atoms with van der Waals surface area (Å²) in [5.41, 5.74) is 10.7. The summed E-state index contributed by atoms with van der Waals surface area (Å²) in [6.45, 7) is 10.0. The lowest BCUT2D eigenvalue weighted by Crippen LogP contribution is -2.45. The number of carbonyl (C=O) groups is 1. The van der Waals surface area contributed by atoms with Crippen molar-refractivity contribution in [3.05, 3.63) is 94.6 Å². The van der Waals surface area contributed by atoms with Crippen LogP contribution in [0.3, 0.4) is 0 Å². The number of likely N-dealkylation sites (N-methyl/N-ethyl adjacent to an activating group) is 1. The van der Waals surface area contributed by atoms with Gasteiger partial charge in [-0.2, -0.15) is 0 Å². The van der Waals surface area contributed by atoms with Crippen LogP contribution in [-0.2, 0) is 6.42 Å². The van der Waals surface area contributed by atoms with Gasteiger partial charge in [0, 0.05) is 44.0 Å². The Balaban J connectivity index is 1.25. The number of rotatable bonds is 5. The van der Waals surface area contributed by atoms with E-state index in [-0.39, 0.29) is 5.91 Å². The Morgan fingerprint density at radius 1 is 0.829 bits per heavy atom. The number of piperazine rings is 1. The third-order valence-corrected chi connectivity index (χ3v) is 7.54. The Hall–Kier alpha value is -3.21. The highest BCUT2D eigenvalue weighted by molar-refractivity contribution is 6.04. The summed E-state index contributed by atoms with van der Waals surface area (Å²) in [5, 5.41) is 3.10. The second-order valence-electron chi connectivity index (χ2n) is 10.1. The van der Waals surface area contributed by atoms with Gasteiger partial charge in [-0.25, -0.2) is 0 Å². The lowest BCUT2D eigenvalue weighted by atomic mass is 9.85. The smallest absolute Gasteiger partial charge is 0.255 e. The van der Waals surface area contributed by atoms with Crippen molar-refractivity contribution >= 4 is 17.2 Å². The van der Waals surface area contributed by atoms with Crippen LogP contribution in [0, 0.1) is 6.92 Å². The summed E-state index contributed by atoms with van der Waals surface area (Å²) >= 11 is 0. The van der Waals surface area contributed by atoms with Crippen molar-refractivity contribution in [3.8, 4) is 11.1 Å². The van der Waals surface area contributed by atoms with Gasteiger partial charge in [0.25, 0.3) is 5.91 Å². The summed E-state index contributed by atoms with van der Waals surface area (Å²) in [6, 6.07) is 22.7. The molecule has 5 rings (SSSR count). The van der Waals surface area contributed by atoms with Gasteiger partial charge in [-0.15, -0.1) is 0 Å². The van der Waals surface area contributed by atoms with E-state index in [1.54, 1.807) is 5.57 Å². The molecular weight excluding hydrogens is 430 g/mol. The maximum Gasteiger partial charge on any atom is 0.255 e.